The van der Waals surface area contributed by atoms with E-state index >= 15 is 0 Å². The maximum atomic E-state index is 14.4. The second-order valence-corrected chi connectivity index (χ2v) is 6.94. The Morgan fingerprint density at radius 3 is 2.67 bits per heavy atom. The molecular formula is C22H14FN7. The van der Waals surface area contributed by atoms with Gasteiger partial charge in [-0.3, -0.25) is 15.2 Å². The zero-order valence-electron chi connectivity index (χ0n) is 15.5. The van der Waals surface area contributed by atoms with Gasteiger partial charge in [0.05, 0.1) is 34.6 Å². The molecule has 0 aliphatic heterocycles. The normalized spacial score (nSPS) is 11.5. The van der Waals surface area contributed by atoms with Gasteiger partial charge >= 0.3 is 0 Å². The number of fused-ring (bicyclic) bond motifs is 2. The van der Waals surface area contributed by atoms with E-state index < -0.39 is 0 Å². The first-order valence-electron chi connectivity index (χ1n) is 9.35. The number of rotatable bonds is 3. The Labute approximate surface area is 169 Å². The van der Waals surface area contributed by atoms with Gasteiger partial charge in [-0.2, -0.15) is 10.2 Å². The molecule has 6 rings (SSSR count). The van der Waals surface area contributed by atoms with Crippen molar-refractivity contribution >= 4 is 21.9 Å². The quantitative estimate of drug-likeness (QED) is 0.404. The number of hydrogen-bond donors (Lipinski definition) is 3. The number of nitrogens with zero attached hydrogens (tertiary/aromatic N) is 4. The predicted octanol–water partition coefficient (Wildman–Crippen LogP) is 4.70. The summed E-state index contributed by atoms with van der Waals surface area (Å²) in [7, 11) is 0. The van der Waals surface area contributed by atoms with Gasteiger partial charge in [0.15, 0.2) is 5.82 Å². The predicted molar refractivity (Wildman–Crippen MR) is 112 cm³/mol. The number of pyridine rings is 1. The van der Waals surface area contributed by atoms with Gasteiger partial charge < -0.3 is 4.98 Å². The molecule has 0 unspecified atom stereocenters. The van der Waals surface area contributed by atoms with Gasteiger partial charge in [0.25, 0.3) is 0 Å². The standard InChI is InChI=1S/C22H14FN7/c23-16-6-2-1-4-13(16)14-5-3-7-17-20(14)28-22(27-17)21-15-8-18(12-9-25-26-10-12)24-11-19(15)29-30-21/h1-11H,(H,25,26)(H,27,28)(H,29,30). The molecule has 30 heavy (non-hydrogen) atoms. The van der Waals surface area contributed by atoms with Crippen molar-refractivity contribution in [2.24, 2.45) is 0 Å². The molecule has 0 aliphatic carbocycles. The van der Waals surface area contributed by atoms with E-state index in [-0.39, 0.29) is 5.82 Å². The minimum absolute atomic E-state index is 0.282. The number of halogens is 1. The van der Waals surface area contributed by atoms with Crippen molar-refractivity contribution in [2.75, 3.05) is 0 Å². The van der Waals surface area contributed by atoms with Gasteiger partial charge in [0.2, 0.25) is 0 Å². The summed E-state index contributed by atoms with van der Waals surface area (Å²) in [5.74, 6) is 0.319. The summed E-state index contributed by atoms with van der Waals surface area (Å²) in [6.45, 7) is 0. The van der Waals surface area contributed by atoms with Gasteiger partial charge in [-0.15, -0.1) is 0 Å². The van der Waals surface area contributed by atoms with Crippen molar-refractivity contribution in [3.05, 3.63) is 72.9 Å². The van der Waals surface area contributed by atoms with Gasteiger partial charge in [-0.1, -0.05) is 30.3 Å². The van der Waals surface area contributed by atoms with E-state index in [9.17, 15) is 4.39 Å². The summed E-state index contributed by atoms with van der Waals surface area (Å²) in [4.78, 5) is 12.5. The molecule has 0 bridgehead atoms. The van der Waals surface area contributed by atoms with Crippen molar-refractivity contribution in [1.29, 1.82) is 0 Å². The fourth-order valence-electron chi connectivity index (χ4n) is 3.69. The Morgan fingerprint density at radius 1 is 0.900 bits per heavy atom. The molecule has 0 saturated carbocycles. The van der Waals surface area contributed by atoms with E-state index in [1.54, 1.807) is 30.7 Å². The van der Waals surface area contributed by atoms with Gasteiger partial charge in [-0.05, 0) is 18.2 Å². The number of aromatic amines is 3. The van der Waals surface area contributed by atoms with Gasteiger partial charge in [-0.25, -0.2) is 9.37 Å². The smallest absolute Gasteiger partial charge is 0.159 e. The summed E-state index contributed by atoms with van der Waals surface area (Å²) in [6, 6.07) is 14.3. The van der Waals surface area contributed by atoms with E-state index in [4.69, 9.17) is 4.98 Å². The molecule has 0 atom stereocenters. The van der Waals surface area contributed by atoms with E-state index in [0.717, 1.165) is 33.2 Å². The molecular weight excluding hydrogens is 381 g/mol. The van der Waals surface area contributed by atoms with Crippen LogP contribution in [0.1, 0.15) is 0 Å². The van der Waals surface area contributed by atoms with Crippen molar-refractivity contribution in [1.82, 2.24) is 35.3 Å². The third kappa shape index (κ3) is 2.51. The highest BCUT2D eigenvalue weighted by Crippen LogP contribution is 2.33. The van der Waals surface area contributed by atoms with Gasteiger partial charge in [0.1, 0.15) is 11.5 Å². The van der Waals surface area contributed by atoms with Crippen LogP contribution in [-0.2, 0) is 0 Å². The Morgan fingerprint density at radius 2 is 1.80 bits per heavy atom. The minimum Gasteiger partial charge on any atom is -0.337 e. The molecule has 0 saturated heterocycles. The van der Waals surface area contributed by atoms with Crippen LogP contribution in [0.2, 0.25) is 0 Å². The van der Waals surface area contributed by atoms with Crippen LogP contribution in [0.25, 0.3) is 55.8 Å². The van der Waals surface area contributed by atoms with Crippen LogP contribution in [0, 0.1) is 5.82 Å². The molecule has 7 nitrogen and oxygen atoms in total. The fourth-order valence-corrected chi connectivity index (χ4v) is 3.69. The van der Waals surface area contributed by atoms with E-state index in [0.29, 0.717) is 22.6 Å². The number of para-hydroxylation sites is 1. The zero-order chi connectivity index (χ0) is 20.1. The zero-order valence-corrected chi connectivity index (χ0v) is 15.5. The highest BCUT2D eigenvalue weighted by Gasteiger charge is 2.17. The molecule has 6 aromatic rings. The molecule has 0 radical (unpaired) electrons. The summed E-state index contributed by atoms with van der Waals surface area (Å²) in [5.41, 5.74) is 5.88. The summed E-state index contributed by atoms with van der Waals surface area (Å²) >= 11 is 0. The van der Waals surface area contributed by atoms with Crippen LogP contribution in [0.5, 0.6) is 0 Å². The van der Waals surface area contributed by atoms with Crippen molar-refractivity contribution < 1.29 is 4.39 Å². The third-order valence-corrected chi connectivity index (χ3v) is 5.14. The molecule has 4 heterocycles. The van der Waals surface area contributed by atoms with Crippen LogP contribution in [0.4, 0.5) is 4.39 Å². The average molecular weight is 395 g/mol. The summed E-state index contributed by atoms with van der Waals surface area (Å²) < 4.78 is 14.4. The van der Waals surface area contributed by atoms with E-state index in [2.05, 4.69) is 30.4 Å². The lowest BCUT2D eigenvalue weighted by Gasteiger charge is -2.03. The lowest BCUT2D eigenvalue weighted by molar-refractivity contribution is 0.631. The average Bonchev–Trinajstić information content (AvgIpc) is 3.51. The molecule has 8 heteroatoms. The lowest BCUT2D eigenvalue weighted by atomic mass is 10.0. The molecule has 3 N–H and O–H groups in total. The minimum atomic E-state index is -0.282. The maximum absolute atomic E-state index is 14.4. The van der Waals surface area contributed by atoms with Crippen LogP contribution in [0.3, 0.4) is 0 Å². The number of hydrogen-bond acceptors (Lipinski definition) is 4. The van der Waals surface area contributed by atoms with Crippen molar-refractivity contribution in [3.63, 3.8) is 0 Å². The Balaban J connectivity index is 1.54. The Hall–Kier alpha value is -4.33. The van der Waals surface area contributed by atoms with Crippen LogP contribution in [0.15, 0.2) is 67.1 Å². The molecule has 0 fully saturated rings. The molecule has 0 spiro atoms. The summed E-state index contributed by atoms with van der Waals surface area (Å²) in [6.07, 6.45) is 5.24. The van der Waals surface area contributed by atoms with Gasteiger partial charge in [0, 0.05) is 28.3 Å². The highest BCUT2D eigenvalue weighted by molar-refractivity contribution is 5.97. The Bertz CT molecular complexity index is 1510. The highest BCUT2D eigenvalue weighted by atomic mass is 19.1. The first-order chi connectivity index (χ1) is 14.8. The second kappa shape index (κ2) is 6.35. The number of benzene rings is 2. The van der Waals surface area contributed by atoms with Crippen molar-refractivity contribution in [2.45, 2.75) is 0 Å². The first kappa shape index (κ1) is 16.6. The fraction of sp³-hybridized carbons (Fsp3) is 0. The molecule has 144 valence electrons. The number of imidazole rings is 1. The second-order valence-electron chi connectivity index (χ2n) is 6.94. The number of nitrogens with one attached hydrogen (secondary N) is 3. The molecule has 4 aromatic heterocycles. The van der Waals surface area contributed by atoms with Crippen molar-refractivity contribution in [3.8, 4) is 33.9 Å². The van der Waals surface area contributed by atoms with Crippen LogP contribution in [-0.4, -0.2) is 35.3 Å². The lowest BCUT2D eigenvalue weighted by Crippen LogP contribution is -1.85. The maximum Gasteiger partial charge on any atom is 0.159 e. The largest absolute Gasteiger partial charge is 0.337 e. The SMILES string of the molecule is Fc1ccccc1-c1cccc2[nH]c(-c3n[nH]c4cnc(-c5cn[nH]c5)cc34)nc12. The molecule has 0 aliphatic rings. The van der Waals surface area contributed by atoms with E-state index in [1.807, 2.05) is 30.3 Å². The topological polar surface area (TPSA) is 98.9 Å². The Kier molecular flexibility index (Phi) is 3.51. The van der Waals surface area contributed by atoms with Crippen LogP contribution < -0.4 is 0 Å². The van der Waals surface area contributed by atoms with E-state index in [1.165, 1.54) is 6.07 Å². The van der Waals surface area contributed by atoms with Crippen LogP contribution >= 0.6 is 0 Å². The third-order valence-electron chi connectivity index (χ3n) is 5.14. The summed E-state index contributed by atoms with van der Waals surface area (Å²) in [5, 5.41) is 15.1. The number of aromatic nitrogens is 7. The molecule has 0 amide bonds. The molecule has 2 aromatic carbocycles. The monoisotopic (exact) mass is 395 g/mol. The number of H-pyrrole nitrogens is 3. The first-order valence-corrected chi connectivity index (χ1v) is 9.35.